The molecule has 14 heavy (non-hydrogen) atoms. The van der Waals surface area contributed by atoms with Crippen molar-refractivity contribution in [2.75, 3.05) is 0 Å². The molecule has 0 spiro atoms. The number of aromatic nitrogens is 1. The molecule has 0 aromatic carbocycles. The number of aryl methyl sites for hydroxylation is 1. The van der Waals surface area contributed by atoms with E-state index in [-0.39, 0.29) is 5.56 Å². The highest BCUT2D eigenvalue weighted by Crippen LogP contribution is 1.97. The molecule has 1 unspecified atom stereocenters. The SMILES string of the molecule is CC1=NS(=O)C=C1.Cn1sccc1=O. The monoisotopic (exact) mass is 230 g/mol. The van der Waals surface area contributed by atoms with Crippen LogP contribution in [0.2, 0.25) is 0 Å². The molecule has 0 fully saturated rings. The van der Waals surface area contributed by atoms with Crippen LogP contribution in [0.5, 0.6) is 0 Å². The van der Waals surface area contributed by atoms with Gasteiger partial charge in [-0.1, -0.05) is 11.5 Å². The van der Waals surface area contributed by atoms with Crippen molar-refractivity contribution in [2.45, 2.75) is 6.92 Å². The molecule has 2 rings (SSSR count). The summed E-state index contributed by atoms with van der Waals surface area (Å²) in [6.45, 7) is 1.82. The molecule has 0 aliphatic carbocycles. The maximum Gasteiger partial charge on any atom is 0.260 e. The van der Waals surface area contributed by atoms with Gasteiger partial charge < -0.3 is 0 Å². The van der Waals surface area contributed by atoms with Gasteiger partial charge in [-0.25, -0.2) is 4.21 Å². The zero-order valence-electron chi connectivity index (χ0n) is 7.84. The molecule has 2 heterocycles. The molecule has 1 aliphatic heterocycles. The minimum Gasteiger partial charge on any atom is -0.268 e. The van der Waals surface area contributed by atoms with E-state index < -0.39 is 11.0 Å². The molecule has 0 N–H and O–H groups in total. The first kappa shape index (κ1) is 11.1. The lowest BCUT2D eigenvalue weighted by atomic mass is 10.4. The van der Waals surface area contributed by atoms with Crippen LogP contribution in [0.4, 0.5) is 0 Å². The van der Waals surface area contributed by atoms with Crippen LogP contribution in [-0.4, -0.2) is 13.9 Å². The second-order valence-corrected chi connectivity index (χ2v) is 4.59. The van der Waals surface area contributed by atoms with Gasteiger partial charge in [0.15, 0.2) is 11.0 Å². The van der Waals surface area contributed by atoms with Crippen molar-refractivity contribution in [3.05, 3.63) is 33.3 Å². The molecule has 6 heteroatoms. The molecular formula is C8H10N2O2S2. The summed E-state index contributed by atoms with van der Waals surface area (Å²) in [5.41, 5.74) is 0.920. The Labute approximate surface area is 88.3 Å². The van der Waals surface area contributed by atoms with Crippen LogP contribution in [0.3, 0.4) is 0 Å². The van der Waals surface area contributed by atoms with Crippen LogP contribution in [-0.2, 0) is 18.0 Å². The standard InChI is InChI=1S/2C4H5NOS/c1-5-4(6)2-3-7-5;1-4-2-3-7(6)5-4/h2*2-3H,1H3. The van der Waals surface area contributed by atoms with E-state index in [2.05, 4.69) is 4.40 Å². The van der Waals surface area contributed by atoms with E-state index in [4.69, 9.17) is 0 Å². The number of hydrogen-bond donors (Lipinski definition) is 0. The van der Waals surface area contributed by atoms with Crippen molar-refractivity contribution in [2.24, 2.45) is 11.4 Å². The Bertz CT molecular complexity index is 442. The average Bonchev–Trinajstić information content (AvgIpc) is 2.65. The molecule has 76 valence electrons. The molecule has 1 atom stereocenters. The molecule has 0 amide bonds. The molecule has 1 aliphatic rings. The third-order valence-corrected chi connectivity index (χ3v) is 2.99. The molecule has 1 aromatic rings. The Hall–Kier alpha value is -1.01. The summed E-state index contributed by atoms with van der Waals surface area (Å²) in [6, 6.07) is 1.55. The van der Waals surface area contributed by atoms with Crippen LogP contribution in [0.15, 0.2) is 32.1 Å². The molecule has 1 aromatic heterocycles. The second-order valence-electron chi connectivity index (χ2n) is 2.56. The van der Waals surface area contributed by atoms with E-state index in [1.165, 1.54) is 11.5 Å². The van der Waals surface area contributed by atoms with Gasteiger partial charge in [-0.15, -0.1) is 0 Å². The van der Waals surface area contributed by atoms with Crippen LogP contribution in [0.25, 0.3) is 0 Å². The van der Waals surface area contributed by atoms with Crippen molar-refractivity contribution in [3.8, 4) is 0 Å². The largest absolute Gasteiger partial charge is 0.268 e. The maximum atomic E-state index is 10.4. The zero-order valence-corrected chi connectivity index (χ0v) is 9.47. The summed E-state index contributed by atoms with van der Waals surface area (Å²) >= 11 is 1.41. The lowest BCUT2D eigenvalue weighted by Gasteiger charge is -1.76. The fourth-order valence-electron chi connectivity index (χ4n) is 0.696. The van der Waals surface area contributed by atoms with Crippen LogP contribution < -0.4 is 5.56 Å². The van der Waals surface area contributed by atoms with Crippen LogP contribution in [0, 0.1) is 0 Å². The predicted octanol–water partition coefficient (Wildman–Crippen LogP) is 1.09. The maximum absolute atomic E-state index is 10.4. The molecule has 4 nitrogen and oxygen atoms in total. The van der Waals surface area contributed by atoms with Gasteiger partial charge in [0.2, 0.25) is 0 Å². The number of nitrogens with zero attached hydrogens (tertiary/aromatic N) is 2. The summed E-state index contributed by atoms with van der Waals surface area (Å²) in [4.78, 5) is 10.4. The van der Waals surface area contributed by atoms with Gasteiger partial charge in [-0.05, 0) is 13.0 Å². The Morgan fingerprint density at radius 3 is 2.43 bits per heavy atom. The number of allylic oxidation sites excluding steroid dienone is 1. The number of hydrogen-bond acceptors (Lipinski definition) is 3. The van der Waals surface area contributed by atoms with E-state index in [1.54, 1.807) is 33.9 Å². The third-order valence-electron chi connectivity index (χ3n) is 1.40. The van der Waals surface area contributed by atoms with Gasteiger partial charge in [-0.3, -0.25) is 8.75 Å². The normalized spacial score (nSPS) is 18.7. The van der Waals surface area contributed by atoms with Crippen molar-refractivity contribution in [1.29, 1.82) is 0 Å². The predicted molar refractivity (Wildman–Crippen MR) is 60.0 cm³/mol. The zero-order chi connectivity index (χ0) is 10.6. The first-order valence-corrected chi connectivity index (χ1v) is 5.85. The van der Waals surface area contributed by atoms with Crippen molar-refractivity contribution in [1.82, 2.24) is 3.96 Å². The van der Waals surface area contributed by atoms with E-state index in [9.17, 15) is 9.00 Å². The summed E-state index contributed by atoms with van der Waals surface area (Å²) < 4.78 is 15.5. The van der Waals surface area contributed by atoms with Crippen molar-refractivity contribution < 1.29 is 4.21 Å². The minimum absolute atomic E-state index is 0.0741. The highest BCUT2D eigenvalue weighted by atomic mass is 32.2. The van der Waals surface area contributed by atoms with Gasteiger partial charge >= 0.3 is 0 Å². The van der Waals surface area contributed by atoms with Gasteiger partial charge in [0.25, 0.3) is 5.56 Å². The highest BCUT2D eigenvalue weighted by Gasteiger charge is 1.96. The first-order chi connectivity index (χ1) is 6.59. The third kappa shape index (κ3) is 3.39. The molecular weight excluding hydrogens is 220 g/mol. The molecule has 0 saturated carbocycles. The van der Waals surface area contributed by atoms with E-state index in [1.807, 2.05) is 6.92 Å². The van der Waals surface area contributed by atoms with Crippen molar-refractivity contribution >= 4 is 28.2 Å². The first-order valence-electron chi connectivity index (χ1n) is 3.85. The minimum atomic E-state index is -1.05. The van der Waals surface area contributed by atoms with Gasteiger partial charge in [0.1, 0.15) is 0 Å². The quantitative estimate of drug-likeness (QED) is 0.670. The molecule has 0 radical (unpaired) electrons. The summed E-state index contributed by atoms with van der Waals surface area (Å²) in [5, 5.41) is 3.33. The van der Waals surface area contributed by atoms with Gasteiger partial charge in [0.05, 0.1) is 0 Å². The van der Waals surface area contributed by atoms with E-state index in [0.29, 0.717) is 0 Å². The molecule has 0 bridgehead atoms. The summed E-state index contributed by atoms with van der Waals surface area (Å²) in [6.07, 6.45) is 1.75. The fourth-order valence-corrected chi connectivity index (χ4v) is 1.94. The van der Waals surface area contributed by atoms with E-state index >= 15 is 0 Å². The lowest BCUT2D eigenvalue weighted by Crippen LogP contribution is -2.05. The fraction of sp³-hybridized carbons (Fsp3) is 0.250. The summed E-state index contributed by atoms with van der Waals surface area (Å²) in [5.74, 6) is 0. The average molecular weight is 230 g/mol. The highest BCUT2D eigenvalue weighted by molar-refractivity contribution is 7.87. The van der Waals surface area contributed by atoms with E-state index in [0.717, 1.165) is 5.71 Å². The van der Waals surface area contributed by atoms with Crippen molar-refractivity contribution in [3.63, 3.8) is 0 Å². The summed E-state index contributed by atoms with van der Waals surface area (Å²) in [7, 11) is 0.698. The van der Waals surface area contributed by atoms with Crippen LogP contribution >= 0.6 is 11.5 Å². The number of rotatable bonds is 0. The molecule has 0 saturated heterocycles. The lowest BCUT2D eigenvalue weighted by molar-refractivity contribution is 0.690. The van der Waals surface area contributed by atoms with Crippen LogP contribution in [0.1, 0.15) is 6.92 Å². The van der Waals surface area contributed by atoms with Gasteiger partial charge in [-0.2, -0.15) is 4.40 Å². The Kier molecular flexibility index (Phi) is 3.97. The Balaban J connectivity index is 0.000000140. The Morgan fingerprint density at radius 2 is 2.29 bits per heavy atom. The second kappa shape index (κ2) is 5.02. The van der Waals surface area contributed by atoms with Gasteiger partial charge in [0, 0.05) is 29.6 Å². The smallest absolute Gasteiger partial charge is 0.260 e. The Morgan fingerprint density at radius 1 is 1.57 bits per heavy atom. The topological polar surface area (TPSA) is 51.4 Å².